The van der Waals surface area contributed by atoms with Crippen LogP contribution in [0.2, 0.25) is 5.02 Å². The van der Waals surface area contributed by atoms with Crippen LogP contribution in [0.15, 0.2) is 72.9 Å². The number of pyridine rings is 1. The minimum atomic E-state index is -0.115. The number of thiocarbonyl (C=S) groups is 1. The number of piperidine rings is 1. The van der Waals surface area contributed by atoms with E-state index in [1.165, 1.54) is 34.6 Å². The van der Waals surface area contributed by atoms with Gasteiger partial charge in [0.25, 0.3) is 0 Å². The normalized spacial score (nSPS) is 22.5. The van der Waals surface area contributed by atoms with Gasteiger partial charge < -0.3 is 19.7 Å². The zero-order chi connectivity index (χ0) is 29.5. The Morgan fingerprint density at radius 2 is 1.69 bits per heavy atom. The number of hydrogen-bond acceptors (Lipinski definition) is 3. The van der Waals surface area contributed by atoms with Crippen molar-refractivity contribution >= 4 is 40.3 Å². The number of halogens is 1. The maximum Gasteiger partial charge on any atom is 0.174 e. The zero-order valence-electron chi connectivity index (χ0n) is 25.1. The molecule has 0 amide bonds. The first-order valence-corrected chi connectivity index (χ1v) is 15.9. The fraction of sp³-hybridized carbons (Fsp3) is 0.371. The molecule has 4 atom stereocenters. The SMILES string of the molecule is CCc1ccccc1-n1c(C)cc([C@@H]2[C@H](c3ccccn3)NC(=S)N2c2ccc(N3C[C@@H](C)C[C@H](C)C3)c(Cl)c2)c1C. The van der Waals surface area contributed by atoms with Crippen LogP contribution in [0, 0.1) is 25.7 Å². The van der Waals surface area contributed by atoms with Crippen molar-refractivity contribution in [2.24, 2.45) is 11.8 Å². The van der Waals surface area contributed by atoms with Gasteiger partial charge in [-0.15, -0.1) is 0 Å². The molecule has 42 heavy (non-hydrogen) atoms. The number of aromatic nitrogens is 2. The Labute approximate surface area is 260 Å². The van der Waals surface area contributed by atoms with Crippen molar-refractivity contribution in [2.45, 2.75) is 59.5 Å². The first-order chi connectivity index (χ1) is 20.3. The van der Waals surface area contributed by atoms with Crippen molar-refractivity contribution in [3.8, 4) is 5.69 Å². The summed E-state index contributed by atoms with van der Waals surface area (Å²) in [6.45, 7) is 13.3. The predicted octanol–water partition coefficient (Wildman–Crippen LogP) is 8.36. The number of nitrogens with one attached hydrogen (secondary N) is 1. The van der Waals surface area contributed by atoms with E-state index in [-0.39, 0.29) is 12.1 Å². The van der Waals surface area contributed by atoms with Gasteiger partial charge in [-0.05, 0) is 104 Å². The molecule has 2 aromatic carbocycles. The van der Waals surface area contributed by atoms with Crippen molar-refractivity contribution in [3.63, 3.8) is 0 Å². The molecular formula is C35H40ClN5S. The van der Waals surface area contributed by atoms with E-state index in [0.29, 0.717) is 16.9 Å². The van der Waals surface area contributed by atoms with E-state index >= 15 is 0 Å². The van der Waals surface area contributed by atoms with E-state index < -0.39 is 0 Å². The number of rotatable bonds is 6. The molecule has 0 radical (unpaired) electrons. The second-order valence-electron chi connectivity index (χ2n) is 12.1. The van der Waals surface area contributed by atoms with Crippen LogP contribution in [0.3, 0.4) is 0 Å². The number of para-hydroxylation sites is 1. The Kier molecular flexibility index (Phi) is 8.03. The van der Waals surface area contributed by atoms with Crippen molar-refractivity contribution in [1.82, 2.24) is 14.9 Å². The molecule has 2 aromatic heterocycles. The molecule has 4 aromatic rings. The first kappa shape index (κ1) is 28.8. The fourth-order valence-electron chi connectivity index (χ4n) is 7.20. The van der Waals surface area contributed by atoms with Crippen molar-refractivity contribution < 1.29 is 0 Å². The average molecular weight is 598 g/mol. The van der Waals surface area contributed by atoms with Gasteiger partial charge in [-0.2, -0.15) is 0 Å². The highest BCUT2D eigenvalue weighted by molar-refractivity contribution is 7.80. The lowest BCUT2D eigenvalue weighted by Gasteiger charge is -2.37. The molecule has 218 valence electrons. The Morgan fingerprint density at radius 1 is 0.952 bits per heavy atom. The standard InChI is InChI=1S/C35H40ClN5S/c1-6-26-11-7-8-13-31(26)40-24(4)18-28(25(40)5)34-33(30-12-9-10-16-37-30)38-35(42)41(34)27-14-15-32(29(36)19-27)39-20-22(2)17-23(3)21-39/h7-16,18-19,22-23,33-34H,6,17,20-21H2,1-5H3,(H,38,42)/t22-,23-,33-,34+/m0/s1. The summed E-state index contributed by atoms with van der Waals surface area (Å²) >= 11 is 13.1. The molecule has 2 aliphatic heterocycles. The highest BCUT2D eigenvalue weighted by atomic mass is 35.5. The zero-order valence-corrected chi connectivity index (χ0v) is 26.7. The fourth-order valence-corrected chi connectivity index (χ4v) is 7.84. The summed E-state index contributed by atoms with van der Waals surface area (Å²) < 4.78 is 2.39. The quantitative estimate of drug-likeness (QED) is 0.226. The lowest BCUT2D eigenvalue weighted by Crippen LogP contribution is -2.38. The largest absolute Gasteiger partial charge is 0.370 e. The highest BCUT2D eigenvalue weighted by Gasteiger charge is 2.42. The van der Waals surface area contributed by atoms with Crippen molar-refractivity contribution in [3.05, 3.63) is 106 Å². The van der Waals surface area contributed by atoms with Crippen LogP contribution in [0.1, 0.15) is 67.5 Å². The van der Waals surface area contributed by atoms with Gasteiger partial charge in [0, 0.05) is 42.0 Å². The van der Waals surface area contributed by atoms with Gasteiger partial charge in [-0.3, -0.25) is 4.98 Å². The molecule has 0 saturated carbocycles. The van der Waals surface area contributed by atoms with Crippen LogP contribution in [-0.4, -0.2) is 27.8 Å². The molecule has 6 rings (SSSR count). The molecule has 1 N–H and O–H groups in total. The summed E-state index contributed by atoms with van der Waals surface area (Å²) in [4.78, 5) is 9.44. The van der Waals surface area contributed by atoms with E-state index in [9.17, 15) is 0 Å². The number of nitrogens with zero attached hydrogens (tertiary/aromatic N) is 4. The third-order valence-electron chi connectivity index (χ3n) is 8.92. The third kappa shape index (κ3) is 5.20. The number of benzene rings is 2. The Hall–Kier alpha value is -3.35. The molecular weight excluding hydrogens is 558 g/mol. The second-order valence-corrected chi connectivity index (χ2v) is 12.9. The summed E-state index contributed by atoms with van der Waals surface area (Å²) in [6.07, 6.45) is 4.09. The average Bonchev–Trinajstić information content (AvgIpc) is 3.47. The summed E-state index contributed by atoms with van der Waals surface area (Å²) in [5, 5.41) is 5.07. The molecule has 7 heteroatoms. The van der Waals surface area contributed by atoms with Crippen molar-refractivity contribution in [2.75, 3.05) is 22.9 Å². The lowest BCUT2D eigenvalue weighted by molar-refractivity contribution is 0.357. The highest BCUT2D eigenvalue weighted by Crippen LogP contribution is 2.45. The van der Waals surface area contributed by atoms with E-state index in [0.717, 1.165) is 41.6 Å². The molecule has 5 nitrogen and oxygen atoms in total. The van der Waals surface area contributed by atoms with Gasteiger partial charge in [0.2, 0.25) is 0 Å². The Bertz CT molecular complexity index is 1590. The van der Waals surface area contributed by atoms with Gasteiger partial charge in [0.15, 0.2) is 5.11 Å². The third-order valence-corrected chi connectivity index (χ3v) is 9.54. The topological polar surface area (TPSA) is 36.3 Å². The summed E-state index contributed by atoms with van der Waals surface area (Å²) in [5.74, 6) is 1.30. The van der Waals surface area contributed by atoms with E-state index in [2.05, 4.69) is 109 Å². The molecule has 0 spiro atoms. The predicted molar refractivity (Wildman–Crippen MR) is 179 cm³/mol. The summed E-state index contributed by atoms with van der Waals surface area (Å²) in [6, 6.07) is 23.3. The minimum absolute atomic E-state index is 0.0990. The summed E-state index contributed by atoms with van der Waals surface area (Å²) in [5.41, 5.74) is 9.23. The molecule has 0 bridgehead atoms. The number of aryl methyl sites for hydroxylation is 2. The van der Waals surface area contributed by atoms with Crippen LogP contribution in [0.25, 0.3) is 5.69 Å². The molecule has 2 fully saturated rings. The van der Waals surface area contributed by atoms with Crippen LogP contribution >= 0.6 is 23.8 Å². The number of hydrogen-bond donors (Lipinski definition) is 1. The molecule has 4 heterocycles. The smallest absolute Gasteiger partial charge is 0.174 e. The van der Waals surface area contributed by atoms with Crippen LogP contribution in [0.4, 0.5) is 11.4 Å². The van der Waals surface area contributed by atoms with Gasteiger partial charge in [-0.25, -0.2) is 0 Å². The van der Waals surface area contributed by atoms with Gasteiger partial charge in [-0.1, -0.05) is 56.6 Å². The number of anilines is 2. The van der Waals surface area contributed by atoms with E-state index in [1.807, 2.05) is 18.3 Å². The maximum atomic E-state index is 7.06. The van der Waals surface area contributed by atoms with Crippen LogP contribution in [0.5, 0.6) is 0 Å². The first-order valence-electron chi connectivity index (χ1n) is 15.1. The molecule has 0 unspecified atom stereocenters. The maximum absolute atomic E-state index is 7.06. The monoisotopic (exact) mass is 597 g/mol. The molecule has 2 aliphatic rings. The van der Waals surface area contributed by atoms with Gasteiger partial charge in [0.1, 0.15) is 0 Å². The minimum Gasteiger partial charge on any atom is -0.370 e. The van der Waals surface area contributed by atoms with Gasteiger partial charge in [0.05, 0.1) is 28.5 Å². The van der Waals surface area contributed by atoms with E-state index in [4.69, 9.17) is 28.8 Å². The van der Waals surface area contributed by atoms with Crippen LogP contribution < -0.4 is 15.1 Å². The van der Waals surface area contributed by atoms with Crippen molar-refractivity contribution in [1.29, 1.82) is 0 Å². The Morgan fingerprint density at radius 3 is 2.38 bits per heavy atom. The van der Waals surface area contributed by atoms with Crippen LogP contribution in [-0.2, 0) is 6.42 Å². The van der Waals surface area contributed by atoms with E-state index in [1.54, 1.807) is 0 Å². The second kappa shape index (κ2) is 11.7. The van der Waals surface area contributed by atoms with Gasteiger partial charge >= 0.3 is 0 Å². The molecule has 2 saturated heterocycles. The summed E-state index contributed by atoms with van der Waals surface area (Å²) in [7, 11) is 0. The Balaban J connectivity index is 1.45. The lowest BCUT2D eigenvalue weighted by atomic mass is 9.91. The molecule has 0 aliphatic carbocycles.